The molecule has 0 radical (unpaired) electrons. The first-order chi connectivity index (χ1) is 13.5. The molecule has 0 saturated heterocycles. The van der Waals surface area contributed by atoms with Gasteiger partial charge in [0.2, 0.25) is 5.91 Å². The summed E-state index contributed by atoms with van der Waals surface area (Å²) in [6.45, 7) is 7.22. The van der Waals surface area contributed by atoms with Crippen LogP contribution in [0.25, 0.3) is 10.9 Å². The van der Waals surface area contributed by atoms with E-state index >= 15 is 0 Å². The maximum Gasteiger partial charge on any atom is 0.242 e. The van der Waals surface area contributed by atoms with Gasteiger partial charge in [-0.1, -0.05) is 58.9 Å². The Kier molecular flexibility index (Phi) is 7.03. The van der Waals surface area contributed by atoms with E-state index in [0.717, 1.165) is 12.8 Å². The molecule has 28 heavy (non-hydrogen) atoms. The zero-order valence-corrected chi connectivity index (χ0v) is 18.1. The van der Waals surface area contributed by atoms with Crippen molar-refractivity contribution in [3.8, 4) is 0 Å². The van der Waals surface area contributed by atoms with E-state index in [9.17, 15) is 4.79 Å². The number of nitrogens with one attached hydrogen (secondary N) is 2. The number of benzene rings is 1. The minimum atomic E-state index is -0.145. The first kappa shape index (κ1) is 20.8. The molecule has 0 bridgehead atoms. The fraction of sp³-hybridized carbons (Fsp3) is 0.625. The molecule has 0 fully saturated rings. The summed E-state index contributed by atoms with van der Waals surface area (Å²) in [5.74, 6) is 0.388. The molecule has 4 nitrogen and oxygen atoms in total. The van der Waals surface area contributed by atoms with Crippen LogP contribution in [0.15, 0.2) is 18.3 Å². The smallest absolute Gasteiger partial charge is 0.242 e. The van der Waals surface area contributed by atoms with Crippen LogP contribution in [0, 0.1) is 5.92 Å². The first-order valence-electron chi connectivity index (χ1n) is 11.2. The average molecular weight is 384 g/mol. The number of unbranched alkanes of at least 4 members (excludes halogenated alkanes) is 5. The van der Waals surface area contributed by atoms with Crippen molar-refractivity contribution >= 4 is 22.5 Å². The Morgan fingerprint density at radius 2 is 1.89 bits per heavy atom. The van der Waals surface area contributed by atoms with Crippen LogP contribution in [0.3, 0.4) is 0 Å². The van der Waals surface area contributed by atoms with Crippen LogP contribution in [0.2, 0.25) is 0 Å². The van der Waals surface area contributed by atoms with E-state index in [1.807, 2.05) is 0 Å². The number of hydrogen-bond acceptors (Lipinski definition) is 2. The normalized spacial score (nSPS) is 17.5. The second-order valence-corrected chi connectivity index (χ2v) is 8.67. The van der Waals surface area contributed by atoms with Crippen LogP contribution < -0.4 is 10.2 Å². The standard InChI is InChI=1S/C24H37N3O/c1-5-6-7-8-9-10-11-18-12-13-20-21-19(16-26-22(18)21)14-15-25-24(28)23(17(2)3)27(20)4/h12-13,16-17,23,26H,5-11,14-15H2,1-4H3,(H,25,28). The minimum Gasteiger partial charge on any atom is -0.362 e. The van der Waals surface area contributed by atoms with Crippen LogP contribution in [0.1, 0.15) is 70.4 Å². The van der Waals surface area contributed by atoms with Crippen molar-refractivity contribution in [1.82, 2.24) is 10.3 Å². The molecule has 0 saturated carbocycles. The van der Waals surface area contributed by atoms with Gasteiger partial charge in [0.05, 0.1) is 5.52 Å². The van der Waals surface area contributed by atoms with Gasteiger partial charge in [-0.2, -0.15) is 0 Å². The summed E-state index contributed by atoms with van der Waals surface area (Å²) in [4.78, 5) is 18.5. The fourth-order valence-corrected chi connectivity index (χ4v) is 4.65. The number of aryl methyl sites for hydroxylation is 1. The number of aromatic amines is 1. The maximum atomic E-state index is 12.7. The van der Waals surface area contributed by atoms with Gasteiger partial charge in [-0.25, -0.2) is 0 Å². The Morgan fingerprint density at radius 1 is 1.14 bits per heavy atom. The summed E-state index contributed by atoms with van der Waals surface area (Å²) in [5, 5.41) is 4.45. The van der Waals surface area contributed by atoms with Crippen LogP contribution in [-0.4, -0.2) is 30.5 Å². The third-order valence-corrected chi connectivity index (χ3v) is 6.17. The molecular weight excluding hydrogens is 346 g/mol. The summed E-state index contributed by atoms with van der Waals surface area (Å²) in [7, 11) is 2.06. The lowest BCUT2D eigenvalue weighted by Gasteiger charge is -2.32. The molecule has 2 N–H and O–H groups in total. The number of nitrogens with zero attached hydrogens (tertiary/aromatic N) is 1. The molecule has 154 valence electrons. The SMILES string of the molecule is CCCCCCCCc1ccc2c3c(c[nH]c13)CCNC(=O)C(C(C)C)N2C. The van der Waals surface area contributed by atoms with Gasteiger partial charge in [-0.05, 0) is 42.4 Å². The van der Waals surface area contributed by atoms with Crippen molar-refractivity contribution in [2.45, 2.75) is 78.2 Å². The van der Waals surface area contributed by atoms with Gasteiger partial charge in [0.1, 0.15) is 6.04 Å². The zero-order chi connectivity index (χ0) is 20.1. The van der Waals surface area contributed by atoms with Gasteiger partial charge in [0, 0.05) is 30.9 Å². The van der Waals surface area contributed by atoms with Crippen molar-refractivity contribution in [3.63, 3.8) is 0 Å². The number of H-pyrrole nitrogens is 1. The summed E-state index contributed by atoms with van der Waals surface area (Å²) in [6.07, 6.45) is 12.1. The fourth-order valence-electron chi connectivity index (χ4n) is 4.65. The second-order valence-electron chi connectivity index (χ2n) is 8.67. The molecule has 1 aromatic heterocycles. The van der Waals surface area contributed by atoms with Crippen molar-refractivity contribution in [3.05, 3.63) is 29.5 Å². The number of anilines is 1. The van der Waals surface area contributed by atoms with Gasteiger partial charge in [0.25, 0.3) is 0 Å². The lowest BCUT2D eigenvalue weighted by molar-refractivity contribution is -0.123. The number of likely N-dealkylation sites (N-methyl/N-ethyl adjacent to an activating group) is 1. The molecule has 1 aromatic carbocycles. The molecule has 1 aliphatic rings. The Balaban J connectivity index is 1.87. The summed E-state index contributed by atoms with van der Waals surface area (Å²) in [5.41, 5.74) is 5.17. The molecule has 3 rings (SSSR count). The summed E-state index contributed by atoms with van der Waals surface area (Å²) < 4.78 is 0. The molecule has 2 heterocycles. The number of carbonyl (C=O) groups is 1. The monoisotopic (exact) mass is 383 g/mol. The molecule has 2 aromatic rings. The molecule has 0 spiro atoms. The molecular formula is C24H37N3O. The van der Waals surface area contributed by atoms with Gasteiger partial charge in [-0.3, -0.25) is 4.79 Å². The number of amides is 1. The van der Waals surface area contributed by atoms with Crippen molar-refractivity contribution in [1.29, 1.82) is 0 Å². The van der Waals surface area contributed by atoms with E-state index in [1.165, 1.54) is 66.2 Å². The first-order valence-corrected chi connectivity index (χ1v) is 11.2. The zero-order valence-electron chi connectivity index (χ0n) is 18.1. The molecule has 4 heteroatoms. The number of rotatable bonds is 8. The summed E-state index contributed by atoms with van der Waals surface area (Å²) in [6, 6.07) is 4.36. The van der Waals surface area contributed by atoms with Gasteiger partial charge in [-0.15, -0.1) is 0 Å². The average Bonchev–Trinajstić information content (AvgIpc) is 3.09. The van der Waals surface area contributed by atoms with E-state index in [4.69, 9.17) is 0 Å². The van der Waals surface area contributed by atoms with Gasteiger partial charge in [0.15, 0.2) is 0 Å². The molecule has 0 aliphatic carbocycles. The third kappa shape index (κ3) is 4.37. The number of hydrogen-bond donors (Lipinski definition) is 2. The highest BCUT2D eigenvalue weighted by atomic mass is 16.2. The number of carbonyl (C=O) groups excluding carboxylic acids is 1. The number of aromatic nitrogens is 1. The van der Waals surface area contributed by atoms with E-state index in [1.54, 1.807) is 0 Å². The van der Waals surface area contributed by atoms with E-state index in [-0.39, 0.29) is 17.9 Å². The van der Waals surface area contributed by atoms with Crippen molar-refractivity contribution < 1.29 is 4.79 Å². The molecule has 1 unspecified atom stereocenters. The van der Waals surface area contributed by atoms with E-state index in [2.05, 4.69) is 61.3 Å². The predicted molar refractivity (Wildman–Crippen MR) is 119 cm³/mol. The Hall–Kier alpha value is -1.97. The molecule has 1 amide bonds. The van der Waals surface area contributed by atoms with Crippen LogP contribution in [-0.2, 0) is 17.6 Å². The predicted octanol–water partition coefficient (Wildman–Crippen LogP) is 5.20. The highest BCUT2D eigenvalue weighted by Gasteiger charge is 2.29. The highest BCUT2D eigenvalue weighted by Crippen LogP contribution is 2.35. The molecule has 1 atom stereocenters. The van der Waals surface area contributed by atoms with Gasteiger partial charge < -0.3 is 15.2 Å². The van der Waals surface area contributed by atoms with Crippen molar-refractivity contribution in [2.75, 3.05) is 18.5 Å². The van der Waals surface area contributed by atoms with E-state index < -0.39 is 0 Å². The van der Waals surface area contributed by atoms with Crippen molar-refractivity contribution in [2.24, 2.45) is 5.92 Å². The Morgan fingerprint density at radius 3 is 2.64 bits per heavy atom. The maximum absolute atomic E-state index is 12.7. The minimum absolute atomic E-state index is 0.135. The quantitative estimate of drug-likeness (QED) is 0.615. The Bertz CT molecular complexity index is 792. The lowest BCUT2D eigenvalue weighted by Crippen LogP contribution is -2.48. The van der Waals surface area contributed by atoms with Crippen LogP contribution in [0.4, 0.5) is 5.69 Å². The highest BCUT2D eigenvalue weighted by molar-refractivity contribution is 5.99. The third-order valence-electron chi connectivity index (χ3n) is 6.17. The van der Waals surface area contributed by atoms with Gasteiger partial charge >= 0.3 is 0 Å². The summed E-state index contributed by atoms with van der Waals surface area (Å²) >= 11 is 0. The van der Waals surface area contributed by atoms with Crippen LogP contribution >= 0.6 is 0 Å². The second kappa shape index (κ2) is 9.49. The largest absolute Gasteiger partial charge is 0.362 e. The topological polar surface area (TPSA) is 48.1 Å². The Labute approximate surface area is 170 Å². The van der Waals surface area contributed by atoms with Crippen LogP contribution in [0.5, 0.6) is 0 Å². The lowest BCUT2D eigenvalue weighted by atomic mass is 9.97. The van der Waals surface area contributed by atoms with E-state index in [0.29, 0.717) is 6.54 Å². The molecule has 1 aliphatic heterocycles.